The second kappa shape index (κ2) is 12.5. The number of aromatic carboxylic acids is 1. The molecule has 0 bridgehead atoms. The summed E-state index contributed by atoms with van der Waals surface area (Å²) in [6.07, 6.45) is 4.34. The van der Waals surface area contributed by atoms with E-state index in [4.69, 9.17) is 14.2 Å². The van der Waals surface area contributed by atoms with E-state index < -0.39 is 22.8 Å². The first-order valence-electron chi connectivity index (χ1n) is 12.7. The molecule has 0 saturated carbocycles. The van der Waals surface area contributed by atoms with Gasteiger partial charge in [0.05, 0.1) is 37.3 Å². The second-order valence-corrected chi connectivity index (χ2v) is 10.1. The highest BCUT2D eigenvalue weighted by atomic mass is 32.1. The van der Waals surface area contributed by atoms with Crippen LogP contribution in [-0.4, -0.2) is 83.0 Å². The Hall–Kier alpha value is -4.27. The molecule has 0 atom stereocenters. The molecule has 14 heteroatoms. The number of anilines is 1. The Morgan fingerprint density at radius 2 is 1.98 bits per heavy atom. The minimum Gasteiger partial charge on any atom is -0.490 e. The number of Topliss-reactive ketones (excluding diaryl/α,β-unsaturated/α-hetero) is 1. The van der Waals surface area contributed by atoms with Crippen molar-refractivity contribution in [1.29, 1.82) is 0 Å². The maximum absolute atomic E-state index is 15.1. The molecule has 1 aliphatic rings. The van der Waals surface area contributed by atoms with E-state index in [2.05, 4.69) is 15.0 Å². The molecular formula is C27H26FN5O7S. The van der Waals surface area contributed by atoms with Gasteiger partial charge in [-0.15, -0.1) is 11.3 Å². The lowest BCUT2D eigenvalue weighted by Crippen LogP contribution is -2.51. The van der Waals surface area contributed by atoms with E-state index in [1.54, 1.807) is 35.7 Å². The van der Waals surface area contributed by atoms with Gasteiger partial charge < -0.3 is 24.2 Å². The lowest BCUT2D eigenvalue weighted by Gasteiger charge is -2.39. The van der Waals surface area contributed by atoms with Gasteiger partial charge in [-0.3, -0.25) is 19.1 Å². The number of hydrogen-bond acceptors (Lipinski definition) is 11. The average molecular weight is 584 g/mol. The molecule has 12 nitrogen and oxygen atoms in total. The molecule has 0 spiro atoms. The largest absolute Gasteiger partial charge is 0.490 e. The minimum absolute atomic E-state index is 0.0276. The van der Waals surface area contributed by atoms with Crippen molar-refractivity contribution >= 4 is 39.9 Å². The number of carbonyl (C=O) groups is 2. The maximum Gasteiger partial charge on any atom is 0.341 e. The third kappa shape index (κ3) is 6.24. The number of ketones is 1. The Kier molecular flexibility index (Phi) is 8.61. The number of pyridine rings is 3. The molecule has 1 fully saturated rings. The highest BCUT2D eigenvalue weighted by Crippen LogP contribution is 2.29. The molecule has 0 aromatic carbocycles. The molecule has 4 aromatic rings. The maximum atomic E-state index is 15.1. The smallest absolute Gasteiger partial charge is 0.341 e. The fourth-order valence-corrected chi connectivity index (χ4v) is 4.93. The molecule has 0 radical (unpaired) electrons. The topological polar surface area (TPSA) is 146 Å². The van der Waals surface area contributed by atoms with Crippen molar-refractivity contribution in [3.8, 4) is 10.9 Å². The van der Waals surface area contributed by atoms with Gasteiger partial charge in [0.25, 0.3) is 0 Å². The first-order valence-corrected chi connectivity index (χ1v) is 13.5. The van der Waals surface area contributed by atoms with Crippen LogP contribution in [0.15, 0.2) is 47.0 Å². The van der Waals surface area contributed by atoms with Crippen molar-refractivity contribution in [3.63, 3.8) is 0 Å². The highest BCUT2D eigenvalue weighted by molar-refractivity contribution is 7.12. The van der Waals surface area contributed by atoms with Crippen LogP contribution < -0.4 is 15.1 Å². The van der Waals surface area contributed by atoms with Crippen LogP contribution in [-0.2, 0) is 20.7 Å². The number of nitrogens with zero attached hydrogens (tertiary/aromatic N) is 5. The number of carboxylic acids is 1. The zero-order chi connectivity index (χ0) is 28.9. The Bertz CT molecular complexity index is 1610. The summed E-state index contributed by atoms with van der Waals surface area (Å²) in [6, 6.07) is 4.46. The molecular weight excluding hydrogens is 557 g/mol. The zero-order valence-electron chi connectivity index (χ0n) is 22.0. The van der Waals surface area contributed by atoms with E-state index in [0.717, 1.165) is 12.3 Å². The molecule has 5 heterocycles. The Morgan fingerprint density at radius 3 is 2.66 bits per heavy atom. The summed E-state index contributed by atoms with van der Waals surface area (Å²) >= 11 is 1.21. The molecule has 0 unspecified atom stereocenters. The number of hydrogen-bond donors (Lipinski definition) is 1. The number of aromatic nitrogens is 4. The number of methoxy groups -OCH3 is 1. The number of rotatable bonds is 13. The molecule has 1 aliphatic heterocycles. The third-order valence-corrected chi connectivity index (χ3v) is 7.26. The number of thiazole rings is 1. The van der Waals surface area contributed by atoms with Crippen molar-refractivity contribution in [1.82, 2.24) is 19.5 Å². The summed E-state index contributed by atoms with van der Waals surface area (Å²) in [5.41, 5.74) is -0.686. The summed E-state index contributed by atoms with van der Waals surface area (Å²) in [5.74, 6) is -2.06. The van der Waals surface area contributed by atoms with Crippen LogP contribution in [0.2, 0.25) is 0 Å². The van der Waals surface area contributed by atoms with E-state index >= 15 is 4.39 Å². The van der Waals surface area contributed by atoms with Gasteiger partial charge in [0.15, 0.2) is 22.4 Å². The fourth-order valence-electron chi connectivity index (χ4n) is 4.31. The lowest BCUT2D eigenvalue weighted by molar-refractivity contribution is -0.123. The van der Waals surface area contributed by atoms with Crippen molar-refractivity contribution < 1.29 is 33.3 Å². The van der Waals surface area contributed by atoms with Gasteiger partial charge in [0.2, 0.25) is 5.43 Å². The van der Waals surface area contributed by atoms with Gasteiger partial charge in [0, 0.05) is 50.1 Å². The number of carbonyl (C=O) groups excluding carboxylic acids is 1. The van der Waals surface area contributed by atoms with Crippen molar-refractivity contribution in [3.05, 3.63) is 69.5 Å². The van der Waals surface area contributed by atoms with Crippen molar-refractivity contribution in [2.75, 3.05) is 51.5 Å². The molecule has 0 aliphatic carbocycles. The molecule has 0 amide bonds. The molecule has 214 valence electrons. The molecule has 41 heavy (non-hydrogen) atoms. The van der Waals surface area contributed by atoms with Crippen LogP contribution in [0.5, 0.6) is 5.75 Å². The average Bonchev–Trinajstić information content (AvgIpc) is 3.46. The summed E-state index contributed by atoms with van der Waals surface area (Å²) in [4.78, 5) is 51.7. The lowest BCUT2D eigenvalue weighted by atomic mass is 9.92. The summed E-state index contributed by atoms with van der Waals surface area (Å²) in [5, 5.41) is 11.4. The van der Waals surface area contributed by atoms with Crippen LogP contribution in [0, 0.1) is 11.7 Å². The number of carboxylic acid groups (broad SMARTS) is 1. The van der Waals surface area contributed by atoms with Gasteiger partial charge >= 0.3 is 5.97 Å². The van der Waals surface area contributed by atoms with Gasteiger partial charge in [-0.2, -0.15) is 0 Å². The van der Waals surface area contributed by atoms with Crippen LogP contribution in [0.3, 0.4) is 0 Å². The van der Waals surface area contributed by atoms with Gasteiger partial charge in [0.1, 0.15) is 23.7 Å². The zero-order valence-corrected chi connectivity index (χ0v) is 22.8. The Morgan fingerprint density at radius 1 is 1.17 bits per heavy atom. The highest BCUT2D eigenvalue weighted by Gasteiger charge is 2.35. The Balaban J connectivity index is 1.24. The van der Waals surface area contributed by atoms with Crippen LogP contribution >= 0.6 is 11.3 Å². The predicted molar refractivity (Wildman–Crippen MR) is 147 cm³/mol. The standard InChI is InChI=1S/C27H26FN5O7S/c1-38-5-6-39-7-8-40-18-3-2-17(30-12-18)10-22(34)16-13-32(14-16)25-21(28)11-19-23(35)20(26(36)37)15-33(24(19)31-25)27-29-4-9-41-27/h2-4,9,11-12,15-16H,5-8,10,13-14H2,1H3,(H,36,37). The minimum atomic E-state index is -1.43. The van der Waals surface area contributed by atoms with Crippen LogP contribution in [0.25, 0.3) is 16.2 Å². The molecule has 1 saturated heterocycles. The normalized spacial score (nSPS) is 13.4. The first-order chi connectivity index (χ1) is 19.9. The summed E-state index contributed by atoms with van der Waals surface area (Å²) in [6.45, 7) is 2.27. The van der Waals surface area contributed by atoms with E-state index in [-0.39, 0.29) is 48.1 Å². The number of fused-ring (bicyclic) bond motifs is 1. The van der Waals surface area contributed by atoms with E-state index in [0.29, 0.717) is 43.0 Å². The quantitative estimate of drug-likeness (QED) is 0.232. The van der Waals surface area contributed by atoms with Crippen molar-refractivity contribution in [2.45, 2.75) is 6.42 Å². The first kappa shape index (κ1) is 28.3. The van der Waals surface area contributed by atoms with E-state index in [1.165, 1.54) is 22.1 Å². The number of ether oxygens (including phenoxy) is 3. The van der Waals surface area contributed by atoms with Gasteiger partial charge in [-0.05, 0) is 18.2 Å². The van der Waals surface area contributed by atoms with Crippen molar-refractivity contribution in [2.24, 2.45) is 5.92 Å². The summed E-state index contributed by atoms with van der Waals surface area (Å²) in [7, 11) is 1.60. The fraction of sp³-hybridized carbons (Fsp3) is 0.333. The van der Waals surface area contributed by atoms with E-state index in [9.17, 15) is 19.5 Å². The van der Waals surface area contributed by atoms with E-state index in [1.807, 2.05) is 0 Å². The van der Waals surface area contributed by atoms with Gasteiger partial charge in [-0.1, -0.05) is 0 Å². The monoisotopic (exact) mass is 583 g/mol. The molecule has 1 N–H and O–H groups in total. The molecule has 5 rings (SSSR count). The van der Waals surface area contributed by atoms with Crippen LogP contribution in [0.1, 0.15) is 16.1 Å². The molecule has 4 aromatic heterocycles. The SMILES string of the molecule is COCCOCCOc1ccc(CC(=O)C2CN(c3nc4c(cc3F)c(=O)c(C(=O)O)cn4-c3nccs3)C2)nc1. The predicted octanol–water partition coefficient (Wildman–Crippen LogP) is 2.36. The Labute approximate surface area is 237 Å². The number of halogens is 1. The van der Waals surface area contributed by atoms with Crippen LogP contribution in [0.4, 0.5) is 10.2 Å². The second-order valence-electron chi connectivity index (χ2n) is 9.21. The summed E-state index contributed by atoms with van der Waals surface area (Å²) < 4.78 is 32.3. The third-order valence-electron chi connectivity index (χ3n) is 6.49. The van der Waals surface area contributed by atoms with Gasteiger partial charge in [-0.25, -0.2) is 19.2 Å².